The molecule has 2 aromatic carbocycles. The van der Waals surface area contributed by atoms with Crippen LogP contribution in [0.1, 0.15) is 10.4 Å². The highest BCUT2D eigenvalue weighted by Gasteiger charge is 2.07. The predicted molar refractivity (Wildman–Crippen MR) is 89.1 cm³/mol. The summed E-state index contributed by atoms with van der Waals surface area (Å²) in [4.78, 5) is 4.86. The maximum atomic E-state index is 13.8. The van der Waals surface area contributed by atoms with E-state index in [0.717, 1.165) is 10.9 Å². The van der Waals surface area contributed by atoms with Gasteiger partial charge in [-0.3, -0.25) is 0 Å². The molecular formula is C17H10ClFN2O2S. The number of nitrogens with zero attached hydrogens (tertiary/aromatic N) is 2. The molecule has 0 aliphatic heterocycles. The van der Waals surface area contributed by atoms with Crippen molar-refractivity contribution in [1.29, 1.82) is 5.26 Å². The molecule has 0 fully saturated rings. The number of benzene rings is 2. The summed E-state index contributed by atoms with van der Waals surface area (Å²) in [7, 11) is 0. The normalized spacial score (nSPS) is 10.2. The summed E-state index contributed by atoms with van der Waals surface area (Å²) >= 11 is 7.12. The largest absolute Gasteiger partial charge is 0.488 e. The molecule has 0 saturated heterocycles. The van der Waals surface area contributed by atoms with Gasteiger partial charge in [-0.1, -0.05) is 11.6 Å². The molecule has 0 atom stereocenters. The van der Waals surface area contributed by atoms with Crippen LogP contribution >= 0.6 is 22.9 Å². The average molecular weight is 361 g/mol. The first-order chi connectivity index (χ1) is 11.6. The number of hydrogen-bond acceptors (Lipinski definition) is 5. The summed E-state index contributed by atoms with van der Waals surface area (Å²) in [6, 6.07) is 12.7. The van der Waals surface area contributed by atoms with Crippen LogP contribution in [0.5, 0.6) is 17.2 Å². The maximum absolute atomic E-state index is 13.8. The number of nitriles is 1. The predicted octanol–water partition coefficient (Wildman–Crippen LogP) is 5.18. The first-order valence-electron chi connectivity index (χ1n) is 6.84. The molecule has 120 valence electrons. The highest BCUT2D eigenvalue weighted by molar-refractivity contribution is 7.15. The Morgan fingerprint density at radius 1 is 1.17 bits per heavy atom. The van der Waals surface area contributed by atoms with E-state index >= 15 is 0 Å². The van der Waals surface area contributed by atoms with Gasteiger partial charge in [0, 0.05) is 6.20 Å². The molecule has 3 rings (SSSR count). The SMILES string of the molecule is N#Cc1ccc(Oc2ccc(OCc3cnc(Cl)s3)cc2)c(F)c1. The van der Waals surface area contributed by atoms with Crippen molar-refractivity contribution in [3.05, 3.63) is 69.4 Å². The van der Waals surface area contributed by atoms with Crippen LogP contribution in [0, 0.1) is 17.1 Å². The number of halogens is 2. The lowest BCUT2D eigenvalue weighted by atomic mass is 10.2. The molecule has 0 aliphatic carbocycles. The standard InChI is InChI=1S/C17H10ClFN2O2S/c18-17-21-9-14(24-17)10-22-12-2-4-13(5-3-12)23-16-6-1-11(8-20)7-15(16)19/h1-7,9H,10H2. The van der Waals surface area contributed by atoms with Crippen LogP contribution in [0.2, 0.25) is 4.47 Å². The van der Waals surface area contributed by atoms with Gasteiger partial charge in [0.15, 0.2) is 16.0 Å². The van der Waals surface area contributed by atoms with Crippen molar-refractivity contribution in [2.75, 3.05) is 0 Å². The Labute approximate surface area is 146 Å². The molecule has 0 amide bonds. The van der Waals surface area contributed by atoms with Crippen molar-refractivity contribution in [1.82, 2.24) is 4.98 Å². The van der Waals surface area contributed by atoms with Crippen molar-refractivity contribution < 1.29 is 13.9 Å². The van der Waals surface area contributed by atoms with Crippen molar-refractivity contribution in [3.63, 3.8) is 0 Å². The van der Waals surface area contributed by atoms with Crippen molar-refractivity contribution in [2.45, 2.75) is 6.61 Å². The van der Waals surface area contributed by atoms with E-state index in [1.807, 2.05) is 6.07 Å². The van der Waals surface area contributed by atoms with Crippen LogP contribution in [0.25, 0.3) is 0 Å². The third kappa shape index (κ3) is 4.02. The van der Waals surface area contributed by atoms with E-state index in [9.17, 15) is 4.39 Å². The second-order valence-corrected chi connectivity index (χ2v) is 6.40. The van der Waals surface area contributed by atoms with Gasteiger partial charge in [0.2, 0.25) is 0 Å². The lowest BCUT2D eigenvalue weighted by Crippen LogP contribution is -1.93. The van der Waals surface area contributed by atoms with E-state index in [2.05, 4.69) is 4.98 Å². The van der Waals surface area contributed by atoms with Crippen LogP contribution < -0.4 is 9.47 Å². The second-order valence-electron chi connectivity index (χ2n) is 4.70. The third-order valence-electron chi connectivity index (χ3n) is 3.02. The van der Waals surface area contributed by atoms with Gasteiger partial charge in [-0.15, -0.1) is 11.3 Å². The fourth-order valence-corrected chi connectivity index (χ4v) is 2.78. The van der Waals surface area contributed by atoms with Crippen LogP contribution in [0.3, 0.4) is 0 Å². The van der Waals surface area contributed by atoms with Crippen molar-refractivity contribution in [3.8, 4) is 23.3 Å². The Bertz CT molecular complexity index is 890. The fourth-order valence-electron chi connectivity index (χ4n) is 1.89. The molecule has 0 saturated carbocycles. The van der Waals surface area contributed by atoms with E-state index in [1.54, 1.807) is 30.5 Å². The highest BCUT2D eigenvalue weighted by Crippen LogP contribution is 2.27. The van der Waals surface area contributed by atoms with Gasteiger partial charge >= 0.3 is 0 Å². The molecule has 3 aromatic rings. The zero-order valence-corrected chi connectivity index (χ0v) is 13.8. The molecule has 0 N–H and O–H groups in total. The Kier molecular flexibility index (Phi) is 4.94. The highest BCUT2D eigenvalue weighted by atomic mass is 35.5. The summed E-state index contributed by atoms with van der Waals surface area (Å²) in [5, 5.41) is 8.73. The second kappa shape index (κ2) is 7.30. The number of ether oxygens (including phenoxy) is 2. The molecule has 0 aliphatic rings. The van der Waals surface area contributed by atoms with E-state index < -0.39 is 5.82 Å². The van der Waals surface area contributed by atoms with Gasteiger partial charge in [0.1, 0.15) is 18.1 Å². The van der Waals surface area contributed by atoms with Gasteiger partial charge < -0.3 is 9.47 Å². The average Bonchev–Trinajstić information content (AvgIpc) is 3.01. The number of thiazole rings is 1. The zero-order valence-electron chi connectivity index (χ0n) is 12.2. The van der Waals surface area contributed by atoms with Crippen LogP contribution in [0.4, 0.5) is 4.39 Å². The van der Waals surface area contributed by atoms with E-state index in [0.29, 0.717) is 22.6 Å². The molecule has 4 nitrogen and oxygen atoms in total. The minimum atomic E-state index is -0.587. The first kappa shape index (κ1) is 16.2. The first-order valence-corrected chi connectivity index (χ1v) is 8.04. The quantitative estimate of drug-likeness (QED) is 0.629. The minimum Gasteiger partial charge on any atom is -0.488 e. The van der Waals surface area contributed by atoms with Gasteiger partial charge in [-0.25, -0.2) is 9.37 Å². The summed E-state index contributed by atoms with van der Waals surface area (Å²) in [6.45, 7) is 0.370. The molecule has 1 heterocycles. The van der Waals surface area contributed by atoms with Crippen molar-refractivity contribution in [2.24, 2.45) is 0 Å². The van der Waals surface area contributed by atoms with E-state index in [1.165, 1.54) is 23.5 Å². The number of aromatic nitrogens is 1. The minimum absolute atomic E-state index is 0.0574. The topological polar surface area (TPSA) is 55.1 Å². The van der Waals surface area contributed by atoms with Crippen LogP contribution in [-0.2, 0) is 6.61 Å². The van der Waals surface area contributed by atoms with Gasteiger partial charge in [0.05, 0.1) is 16.5 Å². The fraction of sp³-hybridized carbons (Fsp3) is 0.0588. The Hall–Kier alpha value is -2.62. The molecule has 0 bridgehead atoms. The summed E-state index contributed by atoms with van der Waals surface area (Å²) in [6.07, 6.45) is 1.66. The molecule has 7 heteroatoms. The van der Waals surface area contributed by atoms with Gasteiger partial charge in [-0.2, -0.15) is 5.26 Å². The summed E-state index contributed by atoms with van der Waals surface area (Å²) < 4.78 is 25.3. The molecule has 1 aromatic heterocycles. The molecule has 0 unspecified atom stereocenters. The Balaban J connectivity index is 1.63. The number of rotatable bonds is 5. The van der Waals surface area contributed by atoms with Crippen LogP contribution in [0.15, 0.2) is 48.7 Å². The third-order valence-corrected chi connectivity index (χ3v) is 4.11. The summed E-state index contributed by atoms with van der Waals surface area (Å²) in [5.41, 5.74) is 0.242. The van der Waals surface area contributed by atoms with Crippen molar-refractivity contribution >= 4 is 22.9 Å². The lowest BCUT2D eigenvalue weighted by Gasteiger charge is -2.08. The molecule has 0 spiro atoms. The maximum Gasteiger partial charge on any atom is 0.183 e. The molecular weight excluding hydrogens is 351 g/mol. The lowest BCUT2D eigenvalue weighted by molar-refractivity contribution is 0.309. The Morgan fingerprint density at radius 3 is 2.54 bits per heavy atom. The van der Waals surface area contributed by atoms with Gasteiger partial charge in [-0.05, 0) is 42.5 Å². The Morgan fingerprint density at radius 2 is 1.92 bits per heavy atom. The summed E-state index contributed by atoms with van der Waals surface area (Å²) in [5.74, 6) is 0.581. The van der Waals surface area contributed by atoms with E-state index in [-0.39, 0.29) is 11.3 Å². The smallest absolute Gasteiger partial charge is 0.183 e. The molecule has 24 heavy (non-hydrogen) atoms. The molecule has 0 radical (unpaired) electrons. The monoisotopic (exact) mass is 360 g/mol. The zero-order chi connectivity index (χ0) is 16.9. The number of hydrogen-bond donors (Lipinski definition) is 0. The van der Waals surface area contributed by atoms with Crippen LogP contribution in [-0.4, -0.2) is 4.98 Å². The van der Waals surface area contributed by atoms with E-state index in [4.69, 9.17) is 26.3 Å². The van der Waals surface area contributed by atoms with Gasteiger partial charge in [0.25, 0.3) is 0 Å².